The maximum Gasteiger partial charge on any atom is 0.233 e. The highest BCUT2D eigenvalue weighted by molar-refractivity contribution is 6.11. The van der Waals surface area contributed by atoms with Gasteiger partial charge in [-0.05, 0) is 31.7 Å². The summed E-state index contributed by atoms with van der Waals surface area (Å²) in [7, 11) is 1.59. The Bertz CT molecular complexity index is 717. The van der Waals surface area contributed by atoms with Crippen LogP contribution in [0, 0.1) is 0 Å². The van der Waals surface area contributed by atoms with Crippen LogP contribution < -0.4 is 9.64 Å². The van der Waals surface area contributed by atoms with E-state index in [1.54, 1.807) is 7.11 Å². The van der Waals surface area contributed by atoms with Crippen molar-refractivity contribution in [2.24, 2.45) is 4.99 Å². The Kier molecular flexibility index (Phi) is 4.38. The van der Waals surface area contributed by atoms with Gasteiger partial charge in [-0.25, -0.2) is 4.99 Å². The molecular weight excluding hydrogens is 318 g/mol. The zero-order valence-electron chi connectivity index (χ0n) is 14.6. The summed E-state index contributed by atoms with van der Waals surface area (Å²) in [6, 6.07) is 3.76. The zero-order chi connectivity index (χ0) is 17.2. The molecule has 0 amide bonds. The summed E-state index contributed by atoms with van der Waals surface area (Å²) < 4.78 is 5.05. The molecule has 0 radical (unpaired) electrons. The monoisotopic (exact) mass is 341 g/mol. The van der Waals surface area contributed by atoms with E-state index < -0.39 is 0 Å². The van der Waals surface area contributed by atoms with Gasteiger partial charge in [-0.2, -0.15) is 0 Å². The predicted molar refractivity (Wildman–Crippen MR) is 94.9 cm³/mol. The number of ketones is 1. The van der Waals surface area contributed by atoms with Gasteiger partial charge >= 0.3 is 0 Å². The molecule has 0 atom stereocenters. The lowest BCUT2D eigenvalue weighted by Crippen LogP contribution is -2.50. The Balaban J connectivity index is 1.42. The van der Waals surface area contributed by atoms with E-state index in [9.17, 15) is 4.79 Å². The molecule has 7 heteroatoms. The van der Waals surface area contributed by atoms with Crippen molar-refractivity contribution in [1.82, 2.24) is 15.1 Å². The molecule has 25 heavy (non-hydrogen) atoms. The second-order valence-electron chi connectivity index (χ2n) is 6.67. The van der Waals surface area contributed by atoms with E-state index >= 15 is 0 Å². The van der Waals surface area contributed by atoms with E-state index in [2.05, 4.69) is 20.0 Å². The van der Waals surface area contributed by atoms with Crippen LogP contribution in [0.4, 0.5) is 5.82 Å². The number of carbonyl (C=O) groups is 1. The van der Waals surface area contributed by atoms with Gasteiger partial charge in [0.25, 0.3) is 0 Å². The fourth-order valence-electron chi connectivity index (χ4n) is 3.73. The van der Waals surface area contributed by atoms with Gasteiger partial charge in [-0.15, -0.1) is 10.2 Å². The van der Waals surface area contributed by atoms with Crippen LogP contribution in [0.2, 0.25) is 0 Å². The fraction of sp³-hybridized carbons (Fsp3) is 0.556. The fourth-order valence-corrected chi connectivity index (χ4v) is 3.73. The second kappa shape index (κ2) is 6.82. The number of Topliss-reactive ketones (excluding diaryl/α,β-unsaturated/α-hetero) is 1. The molecule has 3 heterocycles. The molecule has 1 saturated heterocycles. The number of aliphatic imine (C=N–C) groups is 1. The minimum atomic E-state index is 0.281. The second-order valence-corrected chi connectivity index (χ2v) is 6.67. The lowest BCUT2D eigenvalue weighted by molar-refractivity contribution is -0.115. The summed E-state index contributed by atoms with van der Waals surface area (Å²) in [5.74, 6) is 2.61. The average Bonchev–Trinajstić information content (AvgIpc) is 2.68. The first kappa shape index (κ1) is 16.1. The third kappa shape index (κ3) is 3.23. The van der Waals surface area contributed by atoms with E-state index in [1.165, 1.54) is 0 Å². The molecule has 132 valence electrons. The van der Waals surface area contributed by atoms with Crippen molar-refractivity contribution in [2.75, 3.05) is 38.2 Å². The summed E-state index contributed by atoms with van der Waals surface area (Å²) in [5, 5.41) is 8.25. The molecule has 0 N–H and O–H groups in total. The van der Waals surface area contributed by atoms with E-state index in [0.29, 0.717) is 12.3 Å². The average molecular weight is 341 g/mol. The molecule has 0 saturated carbocycles. The number of hydrogen-bond acceptors (Lipinski definition) is 7. The highest BCUT2D eigenvalue weighted by Crippen LogP contribution is 2.31. The maximum absolute atomic E-state index is 12.4. The van der Waals surface area contributed by atoms with Crippen molar-refractivity contribution in [2.45, 2.75) is 32.1 Å². The van der Waals surface area contributed by atoms with Crippen molar-refractivity contribution < 1.29 is 9.53 Å². The topological polar surface area (TPSA) is 70.9 Å². The van der Waals surface area contributed by atoms with Crippen LogP contribution in [0.5, 0.6) is 5.88 Å². The number of aromatic nitrogens is 2. The van der Waals surface area contributed by atoms with Crippen LogP contribution in [0.15, 0.2) is 28.4 Å². The molecule has 0 spiro atoms. The zero-order valence-corrected chi connectivity index (χ0v) is 14.6. The molecule has 0 bridgehead atoms. The standard InChI is InChI=1S/C18H23N5O2/c1-25-18-7-6-16(20-21-18)22-8-10-23(11-9-22)17-12-15(24)13-4-2-3-5-14(13)19-17/h6-7H,2-5,8-12H2,1H3. The van der Waals surface area contributed by atoms with Crippen molar-refractivity contribution >= 4 is 17.4 Å². The van der Waals surface area contributed by atoms with Crippen LogP contribution >= 0.6 is 0 Å². The van der Waals surface area contributed by atoms with Crippen molar-refractivity contribution in [3.05, 3.63) is 23.4 Å². The molecule has 3 aliphatic rings. The molecule has 1 fully saturated rings. The first-order valence-corrected chi connectivity index (χ1v) is 8.95. The predicted octanol–water partition coefficient (Wildman–Crippen LogP) is 1.81. The van der Waals surface area contributed by atoms with Gasteiger partial charge in [0.15, 0.2) is 11.6 Å². The molecule has 0 unspecified atom stereocenters. The summed E-state index contributed by atoms with van der Waals surface area (Å²) in [6.07, 6.45) is 4.59. The number of hydrogen-bond donors (Lipinski definition) is 0. The van der Waals surface area contributed by atoms with Gasteiger partial charge in [0, 0.05) is 43.5 Å². The molecule has 4 rings (SSSR count). The summed E-state index contributed by atoms with van der Waals surface area (Å²) in [5.41, 5.74) is 2.03. The van der Waals surface area contributed by atoms with E-state index in [1.807, 2.05) is 12.1 Å². The Morgan fingerprint density at radius 3 is 2.48 bits per heavy atom. The van der Waals surface area contributed by atoms with Gasteiger partial charge in [0.05, 0.1) is 13.5 Å². The van der Waals surface area contributed by atoms with Crippen LogP contribution in [-0.2, 0) is 4.79 Å². The lowest BCUT2D eigenvalue weighted by atomic mass is 9.90. The van der Waals surface area contributed by atoms with Crippen molar-refractivity contribution in [3.8, 4) is 5.88 Å². The molecule has 1 aromatic heterocycles. The number of carbonyl (C=O) groups excluding carboxylic acids is 1. The van der Waals surface area contributed by atoms with Crippen molar-refractivity contribution in [1.29, 1.82) is 0 Å². The number of ether oxygens (including phenoxy) is 1. The minimum Gasteiger partial charge on any atom is -0.480 e. The van der Waals surface area contributed by atoms with Gasteiger partial charge in [-0.1, -0.05) is 0 Å². The van der Waals surface area contributed by atoms with Crippen LogP contribution in [0.3, 0.4) is 0 Å². The number of rotatable bonds is 2. The Morgan fingerprint density at radius 1 is 1.00 bits per heavy atom. The van der Waals surface area contributed by atoms with E-state index in [-0.39, 0.29) is 5.78 Å². The van der Waals surface area contributed by atoms with Gasteiger partial charge < -0.3 is 14.5 Å². The Morgan fingerprint density at radius 2 is 1.76 bits per heavy atom. The smallest absolute Gasteiger partial charge is 0.233 e. The molecule has 1 aromatic rings. The molecular formula is C18H23N5O2. The normalized spacial score (nSPS) is 21.2. The van der Waals surface area contributed by atoms with Crippen LogP contribution in [-0.4, -0.2) is 60.0 Å². The minimum absolute atomic E-state index is 0.281. The van der Waals surface area contributed by atoms with Crippen molar-refractivity contribution in [3.63, 3.8) is 0 Å². The number of anilines is 1. The number of piperazine rings is 1. The van der Waals surface area contributed by atoms with Gasteiger partial charge in [0.1, 0.15) is 5.84 Å². The van der Waals surface area contributed by atoms with Crippen LogP contribution in [0.1, 0.15) is 32.1 Å². The molecule has 1 aliphatic carbocycles. The highest BCUT2D eigenvalue weighted by atomic mass is 16.5. The summed E-state index contributed by atoms with van der Waals surface area (Å²) in [4.78, 5) is 21.7. The van der Waals surface area contributed by atoms with E-state index in [0.717, 1.165) is 74.8 Å². The third-order valence-corrected chi connectivity index (χ3v) is 5.16. The first-order chi connectivity index (χ1) is 12.2. The number of allylic oxidation sites excluding steroid dienone is 2. The van der Waals surface area contributed by atoms with Crippen LogP contribution in [0.25, 0.3) is 0 Å². The lowest BCUT2D eigenvalue weighted by Gasteiger charge is -2.38. The summed E-state index contributed by atoms with van der Waals surface area (Å²) >= 11 is 0. The number of amidine groups is 1. The SMILES string of the molecule is COc1ccc(N2CCN(C3=NC4=C(CCCC4)C(=O)C3)CC2)nn1. The van der Waals surface area contributed by atoms with Gasteiger partial charge in [0.2, 0.25) is 5.88 Å². The molecule has 2 aliphatic heterocycles. The third-order valence-electron chi connectivity index (χ3n) is 5.16. The number of nitrogens with zero attached hydrogens (tertiary/aromatic N) is 5. The largest absolute Gasteiger partial charge is 0.480 e. The highest BCUT2D eigenvalue weighted by Gasteiger charge is 2.29. The first-order valence-electron chi connectivity index (χ1n) is 8.95. The quantitative estimate of drug-likeness (QED) is 0.817. The Hall–Kier alpha value is -2.44. The van der Waals surface area contributed by atoms with Gasteiger partial charge in [-0.3, -0.25) is 4.79 Å². The Labute approximate surface area is 147 Å². The molecule has 7 nitrogen and oxygen atoms in total. The number of methoxy groups -OCH3 is 1. The van der Waals surface area contributed by atoms with E-state index in [4.69, 9.17) is 9.73 Å². The molecule has 0 aromatic carbocycles. The summed E-state index contributed by atoms with van der Waals surface area (Å²) in [6.45, 7) is 3.39. The maximum atomic E-state index is 12.4.